The molecule has 0 heterocycles. The minimum atomic E-state index is -0.898. The van der Waals surface area contributed by atoms with Gasteiger partial charge in [0.1, 0.15) is 18.2 Å². The summed E-state index contributed by atoms with van der Waals surface area (Å²) in [5.41, 5.74) is 3.40. The normalized spacial score (nSPS) is 10.5. The second-order valence-corrected chi connectivity index (χ2v) is 6.02. The third kappa shape index (κ3) is 4.41. The lowest BCUT2D eigenvalue weighted by Gasteiger charge is -2.22. The fourth-order valence-corrected chi connectivity index (χ4v) is 2.77. The van der Waals surface area contributed by atoms with Crippen molar-refractivity contribution < 1.29 is 18.4 Å². The standard InChI is InChI=1S/C19H20F2N2O2/c1-11-7-12(2)19(13(3)8-11)22-18(25)10-23(14(4)24)17-6-5-15(20)9-16(17)21/h5-9H,10H2,1-4H3,(H,22,25). The Kier molecular flexibility index (Phi) is 5.51. The molecule has 2 amide bonds. The number of rotatable bonds is 4. The number of nitrogens with zero attached hydrogens (tertiary/aromatic N) is 1. The third-order valence-corrected chi connectivity index (χ3v) is 3.82. The monoisotopic (exact) mass is 346 g/mol. The lowest BCUT2D eigenvalue weighted by molar-refractivity contribution is -0.120. The van der Waals surface area contributed by atoms with E-state index >= 15 is 0 Å². The van der Waals surface area contributed by atoms with Crippen molar-refractivity contribution in [3.8, 4) is 0 Å². The number of halogens is 2. The lowest BCUT2D eigenvalue weighted by Crippen LogP contribution is -2.37. The van der Waals surface area contributed by atoms with Crippen LogP contribution >= 0.6 is 0 Å². The summed E-state index contributed by atoms with van der Waals surface area (Å²) in [7, 11) is 0. The summed E-state index contributed by atoms with van der Waals surface area (Å²) < 4.78 is 27.0. The topological polar surface area (TPSA) is 49.4 Å². The molecule has 6 heteroatoms. The molecule has 0 aromatic heterocycles. The second-order valence-electron chi connectivity index (χ2n) is 6.02. The van der Waals surface area contributed by atoms with Gasteiger partial charge in [0.15, 0.2) is 0 Å². The number of anilines is 2. The van der Waals surface area contributed by atoms with Crippen LogP contribution in [0.4, 0.5) is 20.2 Å². The van der Waals surface area contributed by atoms with Gasteiger partial charge in [0.2, 0.25) is 11.8 Å². The van der Waals surface area contributed by atoms with Crippen LogP contribution in [0.5, 0.6) is 0 Å². The van der Waals surface area contributed by atoms with Gasteiger partial charge in [-0.25, -0.2) is 8.78 Å². The van der Waals surface area contributed by atoms with Crippen molar-refractivity contribution in [2.24, 2.45) is 0 Å². The van der Waals surface area contributed by atoms with Crippen molar-refractivity contribution in [1.82, 2.24) is 0 Å². The second kappa shape index (κ2) is 7.42. The van der Waals surface area contributed by atoms with Gasteiger partial charge in [-0.15, -0.1) is 0 Å². The molecule has 0 unspecified atom stereocenters. The molecule has 0 aliphatic rings. The largest absolute Gasteiger partial charge is 0.324 e. The van der Waals surface area contributed by atoms with E-state index in [1.165, 1.54) is 6.92 Å². The molecular weight excluding hydrogens is 326 g/mol. The smallest absolute Gasteiger partial charge is 0.244 e. The van der Waals surface area contributed by atoms with Crippen molar-refractivity contribution in [3.63, 3.8) is 0 Å². The van der Waals surface area contributed by atoms with E-state index in [0.29, 0.717) is 11.8 Å². The van der Waals surface area contributed by atoms with E-state index in [-0.39, 0.29) is 12.2 Å². The van der Waals surface area contributed by atoms with Crippen LogP contribution in [0.3, 0.4) is 0 Å². The minimum absolute atomic E-state index is 0.138. The Labute approximate surface area is 145 Å². The van der Waals surface area contributed by atoms with Gasteiger partial charge in [0.25, 0.3) is 0 Å². The van der Waals surface area contributed by atoms with Crippen molar-refractivity contribution in [2.45, 2.75) is 27.7 Å². The van der Waals surface area contributed by atoms with Crippen LogP contribution < -0.4 is 10.2 Å². The molecule has 2 aromatic carbocycles. The van der Waals surface area contributed by atoms with E-state index in [4.69, 9.17) is 0 Å². The van der Waals surface area contributed by atoms with Crippen LogP contribution in [-0.2, 0) is 9.59 Å². The number of carbonyl (C=O) groups excluding carboxylic acids is 2. The van der Waals surface area contributed by atoms with Gasteiger partial charge in [0, 0.05) is 18.7 Å². The molecule has 0 atom stereocenters. The lowest BCUT2D eigenvalue weighted by atomic mass is 10.1. The number of carbonyl (C=O) groups is 2. The van der Waals surface area contributed by atoms with Crippen molar-refractivity contribution >= 4 is 23.2 Å². The predicted octanol–water partition coefficient (Wildman–Crippen LogP) is 3.88. The van der Waals surface area contributed by atoms with E-state index in [2.05, 4.69) is 5.32 Å². The molecule has 0 spiro atoms. The zero-order chi connectivity index (χ0) is 18.7. The summed E-state index contributed by atoms with van der Waals surface area (Å²) in [6.45, 7) is 6.56. The maximum atomic E-state index is 13.9. The van der Waals surface area contributed by atoms with Crippen LogP contribution in [0, 0.1) is 32.4 Å². The number of amides is 2. The zero-order valence-corrected chi connectivity index (χ0v) is 14.6. The minimum Gasteiger partial charge on any atom is -0.324 e. The molecule has 0 aliphatic carbocycles. The summed E-state index contributed by atoms with van der Waals surface area (Å²) in [5, 5.41) is 2.76. The molecule has 0 fully saturated rings. The molecule has 2 aromatic rings. The fourth-order valence-electron chi connectivity index (χ4n) is 2.77. The Morgan fingerprint density at radius 3 is 2.16 bits per heavy atom. The number of nitrogens with one attached hydrogen (secondary N) is 1. The number of benzene rings is 2. The Morgan fingerprint density at radius 1 is 1.04 bits per heavy atom. The maximum absolute atomic E-state index is 13.9. The molecule has 0 aliphatic heterocycles. The summed E-state index contributed by atoms with van der Waals surface area (Å²) in [6, 6.07) is 6.73. The highest BCUT2D eigenvalue weighted by atomic mass is 19.1. The van der Waals surface area contributed by atoms with Crippen molar-refractivity contribution in [1.29, 1.82) is 0 Å². The number of hydrogen-bond donors (Lipinski definition) is 1. The van der Waals surface area contributed by atoms with Gasteiger partial charge in [0.05, 0.1) is 5.69 Å². The van der Waals surface area contributed by atoms with Crippen LogP contribution in [-0.4, -0.2) is 18.4 Å². The molecule has 25 heavy (non-hydrogen) atoms. The van der Waals surface area contributed by atoms with Gasteiger partial charge >= 0.3 is 0 Å². The summed E-state index contributed by atoms with van der Waals surface area (Å²) in [5.74, 6) is -2.63. The van der Waals surface area contributed by atoms with Crippen molar-refractivity contribution in [2.75, 3.05) is 16.8 Å². The van der Waals surface area contributed by atoms with Crippen LogP contribution in [0.1, 0.15) is 23.6 Å². The number of aryl methyl sites for hydroxylation is 3. The average Bonchev–Trinajstić information content (AvgIpc) is 2.49. The highest BCUT2D eigenvalue weighted by Crippen LogP contribution is 2.23. The summed E-state index contributed by atoms with van der Waals surface area (Å²) in [4.78, 5) is 25.2. The Bertz CT molecular complexity index is 811. The molecule has 2 rings (SSSR count). The van der Waals surface area contributed by atoms with E-state index in [9.17, 15) is 18.4 Å². The highest BCUT2D eigenvalue weighted by molar-refractivity contribution is 6.02. The SMILES string of the molecule is CC(=O)N(CC(=O)Nc1c(C)cc(C)cc1C)c1ccc(F)cc1F. The first kappa shape index (κ1) is 18.6. The van der Waals surface area contributed by atoms with Gasteiger partial charge in [-0.05, 0) is 44.0 Å². The molecular formula is C19H20F2N2O2. The van der Waals surface area contributed by atoms with Crippen LogP contribution in [0.2, 0.25) is 0 Å². The quantitative estimate of drug-likeness (QED) is 0.913. The van der Waals surface area contributed by atoms with Gasteiger partial charge in [-0.3, -0.25) is 9.59 Å². The van der Waals surface area contributed by atoms with Crippen molar-refractivity contribution in [3.05, 3.63) is 58.7 Å². The summed E-state index contributed by atoms with van der Waals surface area (Å²) in [6.07, 6.45) is 0. The highest BCUT2D eigenvalue weighted by Gasteiger charge is 2.20. The zero-order valence-electron chi connectivity index (χ0n) is 14.6. The predicted molar refractivity (Wildman–Crippen MR) is 93.7 cm³/mol. The fraction of sp³-hybridized carbons (Fsp3) is 0.263. The Hall–Kier alpha value is -2.76. The van der Waals surface area contributed by atoms with E-state index in [1.54, 1.807) is 0 Å². The first-order valence-electron chi connectivity index (χ1n) is 7.80. The number of hydrogen-bond acceptors (Lipinski definition) is 2. The Balaban J connectivity index is 2.23. The molecule has 0 bridgehead atoms. The van der Waals surface area contributed by atoms with Crippen LogP contribution in [0.15, 0.2) is 30.3 Å². The van der Waals surface area contributed by atoms with E-state index < -0.39 is 23.4 Å². The first-order valence-corrected chi connectivity index (χ1v) is 7.80. The van der Waals surface area contributed by atoms with E-state index in [1.807, 2.05) is 32.9 Å². The first-order chi connectivity index (χ1) is 11.7. The molecule has 0 radical (unpaired) electrons. The molecule has 4 nitrogen and oxygen atoms in total. The van der Waals surface area contributed by atoms with Gasteiger partial charge in [-0.2, -0.15) is 0 Å². The van der Waals surface area contributed by atoms with Gasteiger partial charge < -0.3 is 10.2 Å². The summed E-state index contributed by atoms with van der Waals surface area (Å²) >= 11 is 0. The average molecular weight is 346 g/mol. The molecule has 0 saturated heterocycles. The molecule has 0 saturated carbocycles. The van der Waals surface area contributed by atoms with Crippen LogP contribution in [0.25, 0.3) is 0 Å². The maximum Gasteiger partial charge on any atom is 0.244 e. The molecule has 1 N–H and O–H groups in total. The van der Waals surface area contributed by atoms with Gasteiger partial charge in [-0.1, -0.05) is 17.7 Å². The third-order valence-electron chi connectivity index (χ3n) is 3.82. The molecule has 132 valence electrons. The van der Waals surface area contributed by atoms with E-state index in [0.717, 1.165) is 33.7 Å². The Morgan fingerprint density at radius 2 is 1.64 bits per heavy atom.